The van der Waals surface area contributed by atoms with Gasteiger partial charge in [0.15, 0.2) is 0 Å². The Balaban J connectivity index is 0.00000180. The zero-order valence-corrected chi connectivity index (χ0v) is 12.9. The summed E-state index contributed by atoms with van der Waals surface area (Å²) in [4.78, 5) is 12.0. The van der Waals surface area contributed by atoms with Gasteiger partial charge in [-0.15, -0.1) is 12.4 Å². The maximum Gasteiger partial charge on any atom is 0.220 e. The average molecular weight is 289 g/mol. The van der Waals surface area contributed by atoms with E-state index in [2.05, 4.69) is 12.2 Å². The highest BCUT2D eigenvalue weighted by Gasteiger charge is 2.35. The van der Waals surface area contributed by atoms with E-state index in [0.717, 1.165) is 19.4 Å². The van der Waals surface area contributed by atoms with Crippen molar-refractivity contribution in [2.24, 2.45) is 17.1 Å². The van der Waals surface area contributed by atoms with Crippen LogP contribution in [0.1, 0.15) is 64.7 Å². The summed E-state index contributed by atoms with van der Waals surface area (Å²) in [5.74, 6) is 0.634. The lowest BCUT2D eigenvalue weighted by molar-refractivity contribution is -0.123. The second-order valence-corrected chi connectivity index (χ2v) is 6.40. The monoisotopic (exact) mass is 288 g/mol. The maximum atomic E-state index is 12.0. The molecule has 2 aliphatic rings. The molecule has 2 saturated carbocycles. The molecular weight excluding hydrogens is 260 g/mol. The van der Waals surface area contributed by atoms with Crippen molar-refractivity contribution in [2.75, 3.05) is 6.54 Å². The molecule has 2 fully saturated rings. The normalized spacial score (nSPS) is 28.9. The van der Waals surface area contributed by atoms with Gasteiger partial charge in [0, 0.05) is 19.0 Å². The molecule has 2 rings (SSSR count). The second kappa shape index (κ2) is 7.49. The van der Waals surface area contributed by atoms with Gasteiger partial charge in [-0.1, -0.05) is 26.2 Å². The third-order valence-electron chi connectivity index (χ3n) is 5.24. The lowest BCUT2D eigenvalue weighted by Crippen LogP contribution is -2.43. The molecule has 2 aliphatic carbocycles. The van der Waals surface area contributed by atoms with Gasteiger partial charge in [-0.3, -0.25) is 4.79 Å². The van der Waals surface area contributed by atoms with Crippen LogP contribution in [0.15, 0.2) is 0 Å². The molecule has 3 nitrogen and oxygen atoms in total. The van der Waals surface area contributed by atoms with E-state index in [0.29, 0.717) is 17.8 Å². The van der Waals surface area contributed by atoms with E-state index in [1.807, 2.05) is 0 Å². The summed E-state index contributed by atoms with van der Waals surface area (Å²) in [5.41, 5.74) is 6.51. The number of hydrogen-bond acceptors (Lipinski definition) is 2. The fraction of sp³-hybridized carbons (Fsp3) is 0.933. The van der Waals surface area contributed by atoms with Gasteiger partial charge in [0.2, 0.25) is 5.91 Å². The number of rotatable bonds is 5. The van der Waals surface area contributed by atoms with E-state index in [1.54, 1.807) is 0 Å². The summed E-state index contributed by atoms with van der Waals surface area (Å²) in [6.07, 6.45) is 10.4. The van der Waals surface area contributed by atoms with E-state index in [9.17, 15) is 4.79 Å². The van der Waals surface area contributed by atoms with Gasteiger partial charge in [0.1, 0.15) is 0 Å². The molecule has 0 aromatic carbocycles. The van der Waals surface area contributed by atoms with Crippen LogP contribution in [0.25, 0.3) is 0 Å². The third kappa shape index (κ3) is 4.35. The number of carbonyl (C=O) groups excluding carboxylic acids is 1. The van der Waals surface area contributed by atoms with E-state index < -0.39 is 0 Å². The quantitative estimate of drug-likeness (QED) is 0.817. The van der Waals surface area contributed by atoms with Crippen molar-refractivity contribution in [3.8, 4) is 0 Å². The van der Waals surface area contributed by atoms with Gasteiger partial charge in [-0.25, -0.2) is 0 Å². The predicted octanol–water partition coefficient (Wildman–Crippen LogP) is 3.01. The molecule has 0 heterocycles. The van der Waals surface area contributed by atoms with Crippen LogP contribution in [0, 0.1) is 11.3 Å². The molecule has 4 heteroatoms. The molecule has 0 saturated heterocycles. The molecule has 0 spiro atoms. The lowest BCUT2D eigenvalue weighted by Gasteiger charge is -2.41. The number of carbonyl (C=O) groups is 1. The Bertz CT molecular complexity index is 286. The first-order valence-corrected chi connectivity index (χ1v) is 7.67. The minimum atomic E-state index is 0. The molecule has 112 valence electrons. The second-order valence-electron chi connectivity index (χ2n) is 6.40. The van der Waals surface area contributed by atoms with Crippen molar-refractivity contribution in [1.29, 1.82) is 0 Å². The smallest absolute Gasteiger partial charge is 0.220 e. The van der Waals surface area contributed by atoms with Crippen LogP contribution in [0.5, 0.6) is 0 Å². The molecular formula is C15H29ClN2O. The molecule has 0 aliphatic heterocycles. The van der Waals surface area contributed by atoms with E-state index in [-0.39, 0.29) is 24.4 Å². The minimum absolute atomic E-state index is 0. The van der Waals surface area contributed by atoms with Crippen LogP contribution in [0.3, 0.4) is 0 Å². The predicted molar refractivity (Wildman–Crippen MR) is 81.4 cm³/mol. The largest absolute Gasteiger partial charge is 0.356 e. The van der Waals surface area contributed by atoms with Crippen LogP contribution < -0.4 is 11.1 Å². The number of hydrogen-bond donors (Lipinski definition) is 2. The van der Waals surface area contributed by atoms with E-state index >= 15 is 0 Å². The first-order chi connectivity index (χ1) is 8.65. The number of nitrogens with one attached hydrogen (secondary N) is 1. The zero-order chi connectivity index (χ0) is 13.0. The Hall–Kier alpha value is -0.280. The van der Waals surface area contributed by atoms with Crippen molar-refractivity contribution >= 4 is 18.3 Å². The molecule has 2 atom stereocenters. The van der Waals surface area contributed by atoms with Gasteiger partial charge >= 0.3 is 0 Å². The van der Waals surface area contributed by atoms with Crippen LogP contribution in [0.2, 0.25) is 0 Å². The van der Waals surface area contributed by atoms with Crippen LogP contribution in [-0.4, -0.2) is 18.5 Å². The summed E-state index contributed by atoms with van der Waals surface area (Å²) in [5, 5.41) is 3.15. The third-order valence-corrected chi connectivity index (χ3v) is 5.24. The SMILES string of the molecule is CCC1(CNC(=O)CC2CCCCC2N)CCC1.Cl. The first kappa shape index (κ1) is 16.8. The Morgan fingerprint density at radius 3 is 2.47 bits per heavy atom. The number of nitrogens with two attached hydrogens (primary N) is 1. The average Bonchev–Trinajstić information content (AvgIpc) is 2.31. The molecule has 3 N–H and O–H groups in total. The molecule has 2 unspecified atom stereocenters. The number of halogens is 1. The van der Waals surface area contributed by atoms with E-state index in [4.69, 9.17) is 5.73 Å². The van der Waals surface area contributed by atoms with Crippen LogP contribution in [0.4, 0.5) is 0 Å². The van der Waals surface area contributed by atoms with Gasteiger partial charge in [0.25, 0.3) is 0 Å². The van der Waals surface area contributed by atoms with Gasteiger partial charge < -0.3 is 11.1 Å². The minimum Gasteiger partial charge on any atom is -0.356 e. The summed E-state index contributed by atoms with van der Waals surface area (Å²) in [7, 11) is 0. The Morgan fingerprint density at radius 2 is 1.95 bits per heavy atom. The number of amides is 1. The van der Waals surface area contributed by atoms with Crippen LogP contribution >= 0.6 is 12.4 Å². The van der Waals surface area contributed by atoms with Crippen molar-refractivity contribution in [2.45, 2.75) is 70.8 Å². The maximum absolute atomic E-state index is 12.0. The Morgan fingerprint density at radius 1 is 1.26 bits per heavy atom. The highest BCUT2D eigenvalue weighted by atomic mass is 35.5. The Labute approximate surface area is 123 Å². The highest BCUT2D eigenvalue weighted by molar-refractivity contribution is 5.85. The van der Waals surface area contributed by atoms with E-state index in [1.165, 1.54) is 38.5 Å². The van der Waals surface area contributed by atoms with Crippen LogP contribution in [-0.2, 0) is 4.79 Å². The summed E-state index contributed by atoms with van der Waals surface area (Å²) < 4.78 is 0. The van der Waals surface area contributed by atoms with Crippen molar-refractivity contribution < 1.29 is 4.79 Å². The summed E-state index contributed by atoms with van der Waals surface area (Å²) in [6.45, 7) is 3.12. The van der Waals surface area contributed by atoms with Gasteiger partial charge in [-0.05, 0) is 43.4 Å². The highest BCUT2D eigenvalue weighted by Crippen LogP contribution is 2.43. The summed E-state index contributed by atoms with van der Waals surface area (Å²) >= 11 is 0. The Kier molecular flexibility index (Phi) is 6.61. The first-order valence-electron chi connectivity index (χ1n) is 7.67. The summed E-state index contributed by atoms with van der Waals surface area (Å²) in [6, 6.07) is 0.244. The van der Waals surface area contributed by atoms with Gasteiger partial charge in [0.05, 0.1) is 0 Å². The molecule has 0 radical (unpaired) electrons. The molecule has 19 heavy (non-hydrogen) atoms. The van der Waals surface area contributed by atoms with Crippen molar-refractivity contribution in [3.63, 3.8) is 0 Å². The molecule has 0 aromatic rings. The standard InChI is InChI=1S/C15H28N2O.ClH/c1-2-15(8-5-9-15)11-17-14(18)10-12-6-3-4-7-13(12)16;/h12-13H,2-11,16H2,1H3,(H,17,18);1H. The molecule has 0 aromatic heterocycles. The lowest BCUT2D eigenvalue weighted by atomic mass is 9.67. The fourth-order valence-corrected chi connectivity index (χ4v) is 3.42. The van der Waals surface area contributed by atoms with Crippen molar-refractivity contribution in [3.05, 3.63) is 0 Å². The zero-order valence-electron chi connectivity index (χ0n) is 12.1. The van der Waals surface area contributed by atoms with Crippen molar-refractivity contribution in [1.82, 2.24) is 5.32 Å². The molecule has 0 bridgehead atoms. The fourth-order valence-electron chi connectivity index (χ4n) is 3.42. The molecule has 1 amide bonds. The topological polar surface area (TPSA) is 55.1 Å². The van der Waals surface area contributed by atoms with Gasteiger partial charge in [-0.2, -0.15) is 0 Å².